The fraction of sp³-hybridized carbons (Fsp3) is 0.533. The van der Waals surface area contributed by atoms with E-state index in [9.17, 15) is 0 Å². The van der Waals surface area contributed by atoms with E-state index in [1.54, 1.807) is 0 Å². The normalized spacial score (nSPS) is 14.1. The SMILES string of the molecule is Cc1cc(C)c2nc(CC(N)C(C)(C)C)[nH]c2c1. The first-order valence-corrected chi connectivity index (χ1v) is 6.49. The largest absolute Gasteiger partial charge is 0.342 e. The van der Waals surface area contributed by atoms with Crippen LogP contribution < -0.4 is 5.73 Å². The number of benzene rings is 1. The molecular formula is C15H23N3. The van der Waals surface area contributed by atoms with Gasteiger partial charge in [0.05, 0.1) is 11.0 Å². The molecule has 0 bridgehead atoms. The maximum atomic E-state index is 6.21. The van der Waals surface area contributed by atoms with Crippen molar-refractivity contribution in [3.05, 3.63) is 29.1 Å². The third-order valence-corrected chi connectivity index (χ3v) is 3.50. The second-order valence-corrected chi connectivity index (χ2v) is 6.34. The van der Waals surface area contributed by atoms with E-state index in [2.05, 4.69) is 56.7 Å². The summed E-state index contributed by atoms with van der Waals surface area (Å²) in [5.41, 5.74) is 11.0. The number of nitrogens with two attached hydrogens (primary N) is 1. The van der Waals surface area contributed by atoms with Crippen molar-refractivity contribution in [2.24, 2.45) is 11.1 Å². The zero-order valence-electron chi connectivity index (χ0n) is 12.0. The van der Waals surface area contributed by atoms with Crippen molar-refractivity contribution in [3.63, 3.8) is 0 Å². The Hall–Kier alpha value is -1.35. The van der Waals surface area contributed by atoms with Crippen LogP contribution in [0.5, 0.6) is 0 Å². The minimum Gasteiger partial charge on any atom is -0.342 e. The number of aromatic nitrogens is 2. The molecule has 1 aromatic heterocycles. The van der Waals surface area contributed by atoms with Crippen molar-refractivity contribution in [2.45, 2.75) is 47.1 Å². The summed E-state index contributed by atoms with van der Waals surface area (Å²) in [6.45, 7) is 10.7. The fourth-order valence-electron chi connectivity index (χ4n) is 2.13. The van der Waals surface area contributed by atoms with E-state index in [0.717, 1.165) is 23.3 Å². The number of fused-ring (bicyclic) bond motifs is 1. The molecule has 1 atom stereocenters. The lowest BCUT2D eigenvalue weighted by atomic mass is 9.85. The van der Waals surface area contributed by atoms with Gasteiger partial charge in [-0.25, -0.2) is 4.98 Å². The van der Waals surface area contributed by atoms with Gasteiger partial charge in [-0.1, -0.05) is 26.8 Å². The summed E-state index contributed by atoms with van der Waals surface area (Å²) < 4.78 is 0. The Kier molecular flexibility index (Phi) is 3.20. The molecule has 18 heavy (non-hydrogen) atoms. The monoisotopic (exact) mass is 245 g/mol. The van der Waals surface area contributed by atoms with Gasteiger partial charge in [0.15, 0.2) is 0 Å². The predicted octanol–water partition coefficient (Wildman–Crippen LogP) is 3.10. The zero-order valence-corrected chi connectivity index (χ0v) is 12.0. The second-order valence-electron chi connectivity index (χ2n) is 6.34. The van der Waals surface area contributed by atoms with Crippen LogP contribution in [0.3, 0.4) is 0 Å². The molecule has 0 amide bonds. The van der Waals surface area contributed by atoms with Crippen LogP contribution in [0.4, 0.5) is 0 Å². The number of hydrogen-bond acceptors (Lipinski definition) is 2. The Balaban J connectivity index is 2.34. The van der Waals surface area contributed by atoms with Crippen molar-refractivity contribution in [1.82, 2.24) is 9.97 Å². The van der Waals surface area contributed by atoms with Crippen molar-refractivity contribution >= 4 is 11.0 Å². The zero-order chi connectivity index (χ0) is 13.5. The maximum Gasteiger partial charge on any atom is 0.108 e. The summed E-state index contributed by atoms with van der Waals surface area (Å²) in [7, 11) is 0. The van der Waals surface area contributed by atoms with Crippen molar-refractivity contribution in [1.29, 1.82) is 0 Å². The number of aryl methyl sites for hydroxylation is 2. The molecule has 0 saturated heterocycles. The van der Waals surface area contributed by atoms with Crippen LogP contribution in [0, 0.1) is 19.3 Å². The molecule has 1 unspecified atom stereocenters. The summed E-state index contributed by atoms with van der Waals surface area (Å²) in [4.78, 5) is 8.06. The molecule has 2 rings (SSSR count). The lowest BCUT2D eigenvalue weighted by Gasteiger charge is -2.26. The molecule has 3 nitrogen and oxygen atoms in total. The lowest BCUT2D eigenvalue weighted by Crippen LogP contribution is -2.37. The van der Waals surface area contributed by atoms with E-state index in [0.29, 0.717) is 0 Å². The molecule has 0 aliphatic heterocycles. The van der Waals surface area contributed by atoms with Crippen LogP contribution in [-0.2, 0) is 6.42 Å². The summed E-state index contributed by atoms with van der Waals surface area (Å²) in [5.74, 6) is 0.987. The van der Waals surface area contributed by atoms with E-state index in [-0.39, 0.29) is 11.5 Å². The summed E-state index contributed by atoms with van der Waals surface area (Å²) in [6.07, 6.45) is 0.788. The molecule has 3 heteroatoms. The average molecular weight is 245 g/mol. The smallest absolute Gasteiger partial charge is 0.108 e. The topological polar surface area (TPSA) is 54.7 Å². The minimum absolute atomic E-state index is 0.101. The Morgan fingerprint density at radius 3 is 2.56 bits per heavy atom. The Bertz CT molecular complexity index is 561. The van der Waals surface area contributed by atoms with Crippen molar-refractivity contribution in [2.75, 3.05) is 0 Å². The molecule has 0 aliphatic carbocycles. The van der Waals surface area contributed by atoms with E-state index < -0.39 is 0 Å². The van der Waals surface area contributed by atoms with Gasteiger partial charge in [0.2, 0.25) is 0 Å². The first kappa shape index (κ1) is 13.1. The van der Waals surface area contributed by atoms with Crippen molar-refractivity contribution < 1.29 is 0 Å². The number of H-pyrrole nitrogens is 1. The fourth-order valence-corrected chi connectivity index (χ4v) is 2.13. The number of nitrogens with one attached hydrogen (secondary N) is 1. The molecular weight excluding hydrogens is 222 g/mol. The van der Waals surface area contributed by atoms with Gasteiger partial charge in [-0.15, -0.1) is 0 Å². The summed E-state index contributed by atoms with van der Waals surface area (Å²) in [5, 5.41) is 0. The molecule has 1 heterocycles. The number of nitrogens with zero attached hydrogens (tertiary/aromatic N) is 1. The van der Waals surface area contributed by atoms with Crippen LogP contribution in [0.1, 0.15) is 37.7 Å². The molecule has 0 saturated carbocycles. The Morgan fingerprint density at radius 1 is 1.28 bits per heavy atom. The first-order valence-electron chi connectivity index (χ1n) is 6.49. The number of rotatable bonds is 2. The Labute approximate surface area is 109 Å². The summed E-state index contributed by atoms with van der Waals surface area (Å²) >= 11 is 0. The van der Waals surface area contributed by atoms with Gasteiger partial charge < -0.3 is 10.7 Å². The summed E-state index contributed by atoms with van der Waals surface area (Å²) in [6, 6.07) is 4.41. The van der Waals surface area contributed by atoms with Gasteiger partial charge in [0.25, 0.3) is 0 Å². The van der Waals surface area contributed by atoms with Gasteiger partial charge in [-0.05, 0) is 36.5 Å². The highest BCUT2D eigenvalue weighted by Gasteiger charge is 2.22. The van der Waals surface area contributed by atoms with Crippen LogP contribution in [0.2, 0.25) is 0 Å². The molecule has 3 N–H and O–H groups in total. The van der Waals surface area contributed by atoms with Crippen LogP contribution >= 0.6 is 0 Å². The molecule has 0 fully saturated rings. The quantitative estimate of drug-likeness (QED) is 0.854. The average Bonchev–Trinajstić information content (AvgIpc) is 2.58. The van der Waals surface area contributed by atoms with E-state index in [4.69, 9.17) is 5.73 Å². The molecule has 0 aliphatic rings. The second kappa shape index (κ2) is 4.39. The van der Waals surface area contributed by atoms with Gasteiger partial charge in [0.1, 0.15) is 5.82 Å². The molecule has 0 radical (unpaired) electrons. The van der Waals surface area contributed by atoms with Crippen molar-refractivity contribution in [3.8, 4) is 0 Å². The lowest BCUT2D eigenvalue weighted by molar-refractivity contribution is 0.315. The maximum absolute atomic E-state index is 6.21. The van der Waals surface area contributed by atoms with Gasteiger partial charge in [-0.3, -0.25) is 0 Å². The number of aromatic amines is 1. The third-order valence-electron chi connectivity index (χ3n) is 3.50. The molecule has 2 aromatic rings. The molecule has 1 aromatic carbocycles. The van der Waals surface area contributed by atoms with Gasteiger partial charge >= 0.3 is 0 Å². The minimum atomic E-state index is 0.101. The highest BCUT2D eigenvalue weighted by Crippen LogP contribution is 2.22. The Morgan fingerprint density at radius 2 is 1.94 bits per heavy atom. The third kappa shape index (κ3) is 2.56. The number of imidazole rings is 1. The van der Waals surface area contributed by atoms with Gasteiger partial charge in [-0.2, -0.15) is 0 Å². The first-order chi connectivity index (χ1) is 8.27. The standard InChI is InChI=1S/C15H23N3/c1-9-6-10(2)14-11(7-9)17-13(18-14)8-12(16)15(3,4)5/h6-7,12H,8,16H2,1-5H3,(H,17,18). The molecule has 0 spiro atoms. The van der Waals surface area contributed by atoms with Gasteiger partial charge in [0, 0.05) is 12.5 Å². The van der Waals surface area contributed by atoms with E-state index in [1.807, 2.05) is 0 Å². The van der Waals surface area contributed by atoms with E-state index in [1.165, 1.54) is 11.1 Å². The number of hydrogen-bond donors (Lipinski definition) is 2. The molecule has 98 valence electrons. The van der Waals surface area contributed by atoms with Crippen LogP contribution in [-0.4, -0.2) is 16.0 Å². The highest BCUT2D eigenvalue weighted by molar-refractivity contribution is 5.79. The van der Waals surface area contributed by atoms with Crippen LogP contribution in [0.25, 0.3) is 11.0 Å². The van der Waals surface area contributed by atoms with Crippen LogP contribution in [0.15, 0.2) is 12.1 Å². The predicted molar refractivity (Wildman–Crippen MR) is 76.7 cm³/mol. The van der Waals surface area contributed by atoms with E-state index >= 15 is 0 Å². The highest BCUT2D eigenvalue weighted by atomic mass is 14.9.